The summed E-state index contributed by atoms with van der Waals surface area (Å²) in [6.45, 7) is 12.8. The Labute approximate surface area is 131 Å². The van der Waals surface area contributed by atoms with Gasteiger partial charge in [-0.25, -0.2) is 0 Å². The van der Waals surface area contributed by atoms with Gasteiger partial charge in [0.05, 0.1) is 0 Å². The van der Waals surface area contributed by atoms with Gasteiger partial charge in [0, 0.05) is 12.6 Å². The highest BCUT2D eigenvalue weighted by atomic mass is 16.5. The molecule has 1 rings (SSSR count). The maximum atomic E-state index is 5.98. The fourth-order valence-corrected chi connectivity index (χ4v) is 2.48. The van der Waals surface area contributed by atoms with Crippen LogP contribution >= 0.6 is 0 Å². The van der Waals surface area contributed by atoms with Crippen LogP contribution in [0.5, 0.6) is 5.75 Å². The van der Waals surface area contributed by atoms with Gasteiger partial charge >= 0.3 is 0 Å². The van der Waals surface area contributed by atoms with Gasteiger partial charge in [-0.05, 0) is 30.4 Å². The molecule has 1 N–H and O–H groups in total. The monoisotopic (exact) mass is 291 g/mol. The maximum Gasteiger partial charge on any atom is 0.123 e. The van der Waals surface area contributed by atoms with Crippen LogP contribution in [0.1, 0.15) is 65.9 Å². The Kier molecular flexibility index (Phi) is 7.81. The smallest absolute Gasteiger partial charge is 0.123 e. The van der Waals surface area contributed by atoms with Crippen molar-refractivity contribution in [1.29, 1.82) is 0 Å². The van der Waals surface area contributed by atoms with E-state index < -0.39 is 0 Å². The number of benzene rings is 1. The van der Waals surface area contributed by atoms with E-state index in [-0.39, 0.29) is 5.41 Å². The molecule has 1 aromatic rings. The first kappa shape index (κ1) is 18.0. The van der Waals surface area contributed by atoms with E-state index in [9.17, 15) is 0 Å². The molecule has 1 aromatic carbocycles. The first-order valence-corrected chi connectivity index (χ1v) is 8.41. The van der Waals surface area contributed by atoms with E-state index in [1.165, 1.54) is 31.2 Å². The van der Waals surface area contributed by atoms with Crippen LogP contribution in [0.4, 0.5) is 0 Å². The normalized spacial score (nSPS) is 13.2. The predicted molar refractivity (Wildman–Crippen MR) is 92.2 cm³/mol. The van der Waals surface area contributed by atoms with Crippen LogP contribution in [0.3, 0.4) is 0 Å². The molecule has 0 aliphatic rings. The molecule has 0 bridgehead atoms. The van der Waals surface area contributed by atoms with Crippen molar-refractivity contribution in [1.82, 2.24) is 5.32 Å². The number of hydrogen-bond acceptors (Lipinski definition) is 2. The number of ether oxygens (including phenoxy) is 1. The summed E-state index contributed by atoms with van der Waals surface area (Å²) in [5.74, 6) is 1.02. The van der Waals surface area contributed by atoms with Gasteiger partial charge in [0.2, 0.25) is 0 Å². The summed E-state index contributed by atoms with van der Waals surface area (Å²) in [7, 11) is 0. The van der Waals surface area contributed by atoms with E-state index >= 15 is 0 Å². The van der Waals surface area contributed by atoms with E-state index in [0.29, 0.717) is 6.04 Å². The average molecular weight is 291 g/mol. The van der Waals surface area contributed by atoms with E-state index in [2.05, 4.69) is 58.1 Å². The molecular formula is C19H33NO. The van der Waals surface area contributed by atoms with Crippen molar-refractivity contribution >= 4 is 0 Å². The standard InChI is InChI=1S/C19H33NO/c1-6-7-8-11-16(2)20-14-15-21-18-13-10-9-12-17(18)19(3,4)5/h9-10,12-13,16,20H,6-8,11,14-15H2,1-5H3. The van der Waals surface area contributed by atoms with Crippen LogP contribution in [-0.4, -0.2) is 19.2 Å². The number of nitrogens with one attached hydrogen (secondary N) is 1. The molecule has 21 heavy (non-hydrogen) atoms. The zero-order valence-corrected chi connectivity index (χ0v) is 14.5. The fourth-order valence-electron chi connectivity index (χ4n) is 2.48. The van der Waals surface area contributed by atoms with Crippen molar-refractivity contribution in [2.75, 3.05) is 13.2 Å². The second-order valence-electron chi connectivity index (χ2n) is 6.95. The molecule has 0 heterocycles. The lowest BCUT2D eigenvalue weighted by molar-refractivity contribution is 0.297. The summed E-state index contributed by atoms with van der Waals surface area (Å²) in [5, 5.41) is 3.54. The summed E-state index contributed by atoms with van der Waals surface area (Å²) in [4.78, 5) is 0. The molecular weight excluding hydrogens is 258 g/mol. The highest BCUT2D eigenvalue weighted by Crippen LogP contribution is 2.30. The van der Waals surface area contributed by atoms with Crippen LogP contribution in [0, 0.1) is 0 Å². The Bertz CT molecular complexity index is 395. The minimum atomic E-state index is 0.122. The van der Waals surface area contributed by atoms with Crippen molar-refractivity contribution in [3.8, 4) is 5.75 Å². The number of unbranched alkanes of at least 4 members (excludes halogenated alkanes) is 2. The first-order valence-electron chi connectivity index (χ1n) is 8.41. The highest BCUT2D eigenvalue weighted by molar-refractivity contribution is 5.38. The molecule has 0 fully saturated rings. The van der Waals surface area contributed by atoms with Crippen molar-refractivity contribution in [2.24, 2.45) is 0 Å². The van der Waals surface area contributed by atoms with Crippen LogP contribution in [0.25, 0.3) is 0 Å². The highest BCUT2D eigenvalue weighted by Gasteiger charge is 2.18. The topological polar surface area (TPSA) is 21.3 Å². The molecule has 2 heteroatoms. The Morgan fingerprint density at radius 3 is 2.52 bits per heavy atom. The number of hydrogen-bond donors (Lipinski definition) is 1. The second-order valence-corrected chi connectivity index (χ2v) is 6.95. The summed E-state index contributed by atoms with van der Waals surface area (Å²) in [6, 6.07) is 8.95. The predicted octanol–water partition coefficient (Wildman–Crippen LogP) is 4.92. The van der Waals surface area contributed by atoms with Gasteiger partial charge in [-0.2, -0.15) is 0 Å². The van der Waals surface area contributed by atoms with Crippen LogP contribution < -0.4 is 10.1 Å². The molecule has 1 atom stereocenters. The fraction of sp³-hybridized carbons (Fsp3) is 0.684. The van der Waals surface area contributed by atoms with Gasteiger partial charge in [0.1, 0.15) is 12.4 Å². The van der Waals surface area contributed by atoms with Crippen LogP contribution in [0.15, 0.2) is 24.3 Å². The first-order chi connectivity index (χ1) is 9.95. The summed E-state index contributed by atoms with van der Waals surface area (Å²) >= 11 is 0. The molecule has 0 spiro atoms. The SMILES string of the molecule is CCCCCC(C)NCCOc1ccccc1C(C)(C)C. The summed E-state index contributed by atoms with van der Waals surface area (Å²) in [5.41, 5.74) is 1.40. The molecule has 0 saturated carbocycles. The molecule has 0 amide bonds. The third-order valence-corrected chi connectivity index (χ3v) is 3.79. The Morgan fingerprint density at radius 2 is 1.86 bits per heavy atom. The number of rotatable bonds is 9. The Balaban J connectivity index is 2.33. The molecule has 0 aromatic heterocycles. The lowest BCUT2D eigenvalue weighted by Gasteiger charge is -2.23. The van der Waals surface area contributed by atoms with Crippen molar-refractivity contribution in [3.63, 3.8) is 0 Å². The van der Waals surface area contributed by atoms with Gasteiger partial charge in [-0.15, -0.1) is 0 Å². The summed E-state index contributed by atoms with van der Waals surface area (Å²) in [6.07, 6.45) is 5.20. The Morgan fingerprint density at radius 1 is 1.14 bits per heavy atom. The zero-order chi connectivity index (χ0) is 15.7. The van der Waals surface area contributed by atoms with Gasteiger partial charge in [0.15, 0.2) is 0 Å². The van der Waals surface area contributed by atoms with Gasteiger partial charge < -0.3 is 10.1 Å². The zero-order valence-electron chi connectivity index (χ0n) is 14.5. The van der Waals surface area contributed by atoms with Crippen molar-refractivity contribution in [2.45, 2.75) is 71.8 Å². The summed E-state index contributed by atoms with van der Waals surface area (Å²) < 4.78 is 5.98. The largest absolute Gasteiger partial charge is 0.492 e. The van der Waals surface area contributed by atoms with E-state index in [4.69, 9.17) is 4.74 Å². The van der Waals surface area contributed by atoms with Crippen molar-refractivity contribution < 1.29 is 4.74 Å². The Hall–Kier alpha value is -1.02. The van der Waals surface area contributed by atoms with Gasteiger partial charge in [-0.1, -0.05) is 65.2 Å². The average Bonchev–Trinajstić information content (AvgIpc) is 2.43. The lowest BCUT2D eigenvalue weighted by atomic mass is 9.86. The van der Waals surface area contributed by atoms with Crippen LogP contribution in [-0.2, 0) is 5.41 Å². The number of para-hydroxylation sites is 1. The molecule has 120 valence electrons. The molecule has 1 unspecified atom stereocenters. The van der Waals surface area contributed by atoms with Crippen LogP contribution in [0.2, 0.25) is 0 Å². The molecule has 0 saturated heterocycles. The third-order valence-electron chi connectivity index (χ3n) is 3.79. The molecule has 2 nitrogen and oxygen atoms in total. The minimum absolute atomic E-state index is 0.122. The van der Waals surface area contributed by atoms with Gasteiger partial charge in [-0.3, -0.25) is 0 Å². The van der Waals surface area contributed by atoms with E-state index in [1.54, 1.807) is 0 Å². The second kappa shape index (κ2) is 9.09. The lowest BCUT2D eigenvalue weighted by Crippen LogP contribution is -2.30. The van der Waals surface area contributed by atoms with E-state index in [0.717, 1.165) is 18.9 Å². The van der Waals surface area contributed by atoms with Crippen molar-refractivity contribution in [3.05, 3.63) is 29.8 Å². The maximum absolute atomic E-state index is 5.98. The van der Waals surface area contributed by atoms with E-state index in [1.807, 2.05) is 6.07 Å². The van der Waals surface area contributed by atoms with Gasteiger partial charge in [0.25, 0.3) is 0 Å². The molecule has 0 aliphatic heterocycles. The quantitative estimate of drug-likeness (QED) is 0.652. The minimum Gasteiger partial charge on any atom is -0.492 e. The molecule has 0 radical (unpaired) electrons. The third kappa shape index (κ3) is 6.99. The molecule has 0 aliphatic carbocycles.